The van der Waals surface area contributed by atoms with Crippen LogP contribution >= 0.6 is 0 Å². The van der Waals surface area contributed by atoms with Crippen LogP contribution in [0.15, 0.2) is 42.0 Å². The molecule has 0 N–H and O–H groups in total. The molecule has 5 rings (SSSR count). The molecule has 4 nitrogen and oxygen atoms in total. The van der Waals surface area contributed by atoms with Crippen LogP contribution in [0.5, 0.6) is 0 Å². The van der Waals surface area contributed by atoms with Crippen LogP contribution in [0.2, 0.25) is 0 Å². The molecule has 1 aromatic carbocycles. The second-order valence-electron chi connectivity index (χ2n) is 10.3. The van der Waals surface area contributed by atoms with Gasteiger partial charge in [0.2, 0.25) is 0 Å². The molecule has 0 radical (unpaired) electrons. The summed E-state index contributed by atoms with van der Waals surface area (Å²) in [4.78, 5) is 37.9. The number of allylic oxidation sites excluding steroid dienone is 1. The van der Waals surface area contributed by atoms with E-state index in [-0.39, 0.29) is 35.0 Å². The topological polar surface area (TPSA) is 60.4 Å². The molecule has 3 saturated carbocycles. The molecule has 158 valence electrons. The zero-order valence-corrected chi connectivity index (χ0v) is 17.9. The summed E-state index contributed by atoms with van der Waals surface area (Å²) in [6, 6.07) is 9.07. The van der Waals surface area contributed by atoms with Gasteiger partial charge in [-0.15, -0.1) is 0 Å². The first-order valence-corrected chi connectivity index (χ1v) is 11.4. The number of fused-ring (bicyclic) bond motifs is 5. The lowest BCUT2D eigenvalue weighted by Gasteiger charge is -2.57. The maximum atomic E-state index is 13.1. The summed E-state index contributed by atoms with van der Waals surface area (Å²) < 4.78 is 6.01. The minimum absolute atomic E-state index is 0.0395. The monoisotopic (exact) mass is 406 g/mol. The van der Waals surface area contributed by atoms with E-state index in [2.05, 4.69) is 13.8 Å². The molecule has 0 amide bonds. The van der Waals surface area contributed by atoms with Crippen molar-refractivity contribution in [3.05, 3.63) is 47.5 Å². The third kappa shape index (κ3) is 2.83. The largest absolute Gasteiger partial charge is 0.458 e. The van der Waals surface area contributed by atoms with E-state index in [0.29, 0.717) is 30.2 Å². The fourth-order valence-electron chi connectivity index (χ4n) is 7.26. The van der Waals surface area contributed by atoms with Gasteiger partial charge in [-0.1, -0.05) is 37.6 Å². The summed E-state index contributed by atoms with van der Waals surface area (Å²) in [6.45, 7) is 4.43. The van der Waals surface area contributed by atoms with Gasteiger partial charge < -0.3 is 4.74 Å². The molecular formula is C26H30O4. The Labute approximate surface area is 178 Å². The van der Waals surface area contributed by atoms with Crippen molar-refractivity contribution in [1.29, 1.82) is 0 Å². The summed E-state index contributed by atoms with van der Waals surface area (Å²) in [6.07, 6.45) is 7.19. The molecule has 3 fully saturated rings. The molecule has 0 bridgehead atoms. The van der Waals surface area contributed by atoms with Crippen molar-refractivity contribution in [3.63, 3.8) is 0 Å². The lowest BCUT2D eigenvalue weighted by molar-refractivity contribution is -0.134. The summed E-state index contributed by atoms with van der Waals surface area (Å²) in [7, 11) is 0. The van der Waals surface area contributed by atoms with E-state index in [9.17, 15) is 14.4 Å². The zero-order chi connectivity index (χ0) is 21.1. The third-order valence-electron chi connectivity index (χ3n) is 8.91. The van der Waals surface area contributed by atoms with Crippen LogP contribution in [0.25, 0.3) is 0 Å². The quantitative estimate of drug-likeness (QED) is 0.654. The summed E-state index contributed by atoms with van der Waals surface area (Å²) in [5, 5.41) is 0. The maximum absolute atomic E-state index is 13.1. The van der Waals surface area contributed by atoms with Crippen molar-refractivity contribution in [1.82, 2.24) is 0 Å². The average molecular weight is 407 g/mol. The number of ether oxygens (including phenoxy) is 1. The Bertz CT molecular complexity index is 932. The van der Waals surface area contributed by atoms with Gasteiger partial charge in [0, 0.05) is 24.2 Å². The Hall–Kier alpha value is -2.23. The van der Waals surface area contributed by atoms with Gasteiger partial charge in [0.25, 0.3) is 0 Å². The van der Waals surface area contributed by atoms with E-state index < -0.39 is 5.41 Å². The number of Topliss-reactive ketones (excluding diaryl/α,β-unsaturated/α-hetero) is 1. The van der Waals surface area contributed by atoms with E-state index in [4.69, 9.17) is 4.74 Å². The molecule has 0 spiro atoms. The summed E-state index contributed by atoms with van der Waals surface area (Å²) in [5.41, 5.74) is 1.49. The number of ketones is 2. The molecule has 4 aliphatic rings. The predicted molar refractivity (Wildman–Crippen MR) is 113 cm³/mol. The molecule has 0 aromatic heterocycles. The lowest BCUT2D eigenvalue weighted by atomic mass is 9.47. The molecule has 4 aliphatic carbocycles. The number of benzene rings is 1. The molecule has 0 unspecified atom stereocenters. The molecule has 0 aliphatic heterocycles. The van der Waals surface area contributed by atoms with Gasteiger partial charge in [-0.3, -0.25) is 9.59 Å². The van der Waals surface area contributed by atoms with E-state index >= 15 is 0 Å². The normalized spacial score (nSPS) is 40.1. The maximum Gasteiger partial charge on any atom is 0.338 e. The van der Waals surface area contributed by atoms with E-state index in [0.717, 1.165) is 32.1 Å². The average Bonchev–Trinajstić information content (AvgIpc) is 2.99. The number of esters is 1. The van der Waals surface area contributed by atoms with E-state index in [1.165, 1.54) is 5.57 Å². The van der Waals surface area contributed by atoms with Gasteiger partial charge in [0.1, 0.15) is 11.9 Å². The van der Waals surface area contributed by atoms with Gasteiger partial charge in [-0.05, 0) is 67.6 Å². The minimum atomic E-state index is -0.398. The second kappa shape index (κ2) is 6.90. The first kappa shape index (κ1) is 19.7. The first-order chi connectivity index (χ1) is 14.3. The molecule has 0 heterocycles. The summed E-state index contributed by atoms with van der Waals surface area (Å²) >= 11 is 0. The van der Waals surface area contributed by atoms with Crippen LogP contribution in [0.1, 0.15) is 69.2 Å². The smallest absolute Gasteiger partial charge is 0.338 e. The van der Waals surface area contributed by atoms with Gasteiger partial charge in [-0.2, -0.15) is 0 Å². The van der Waals surface area contributed by atoms with Crippen LogP contribution < -0.4 is 0 Å². The number of hydrogen-bond acceptors (Lipinski definition) is 4. The highest BCUT2D eigenvalue weighted by Crippen LogP contribution is 2.64. The Balaban J connectivity index is 1.46. The van der Waals surface area contributed by atoms with E-state index in [1.807, 2.05) is 24.3 Å². The van der Waals surface area contributed by atoms with E-state index in [1.54, 1.807) is 12.1 Å². The molecule has 6 atom stereocenters. The molecular weight excluding hydrogens is 376 g/mol. The molecule has 0 saturated heterocycles. The van der Waals surface area contributed by atoms with Gasteiger partial charge >= 0.3 is 5.97 Å². The Morgan fingerprint density at radius 3 is 2.53 bits per heavy atom. The van der Waals surface area contributed by atoms with Crippen LogP contribution in [0.3, 0.4) is 0 Å². The van der Waals surface area contributed by atoms with Crippen LogP contribution in [0.4, 0.5) is 0 Å². The predicted octanol–water partition coefficient (Wildman–Crippen LogP) is 4.92. The highest BCUT2D eigenvalue weighted by atomic mass is 16.5. The number of carbonyl (C=O) groups is 3. The van der Waals surface area contributed by atoms with Gasteiger partial charge in [-0.25, -0.2) is 4.79 Å². The van der Waals surface area contributed by atoms with Gasteiger partial charge in [0.15, 0.2) is 5.78 Å². The standard InChI is InChI=1S/C26H30O4/c1-25-12-10-18(27)14-17(25)8-9-19-20(25)11-13-26(2)22(28)15-21(23(19)26)30-24(29)16-6-4-3-5-7-16/h3-7,14,19-21,23H,8-13,15H2,1-2H3/t19-,20+,21+,23-,25+,26-/m1/s1. The lowest BCUT2D eigenvalue weighted by Crippen LogP contribution is -2.52. The number of rotatable bonds is 2. The number of carbonyl (C=O) groups excluding carboxylic acids is 3. The van der Waals surface area contributed by atoms with Crippen molar-refractivity contribution < 1.29 is 19.1 Å². The van der Waals surface area contributed by atoms with Crippen LogP contribution in [-0.2, 0) is 14.3 Å². The van der Waals surface area contributed by atoms with Crippen molar-refractivity contribution in [2.24, 2.45) is 28.6 Å². The van der Waals surface area contributed by atoms with Crippen molar-refractivity contribution in [2.45, 2.75) is 64.9 Å². The van der Waals surface area contributed by atoms with Crippen molar-refractivity contribution in [2.75, 3.05) is 0 Å². The van der Waals surface area contributed by atoms with Crippen LogP contribution in [0, 0.1) is 28.6 Å². The Morgan fingerprint density at radius 1 is 1.00 bits per heavy atom. The third-order valence-corrected chi connectivity index (χ3v) is 8.91. The molecule has 30 heavy (non-hydrogen) atoms. The second-order valence-corrected chi connectivity index (χ2v) is 10.3. The Kier molecular flexibility index (Phi) is 4.53. The first-order valence-electron chi connectivity index (χ1n) is 11.4. The minimum Gasteiger partial charge on any atom is -0.458 e. The van der Waals surface area contributed by atoms with Crippen molar-refractivity contribution in [3.8, 4) is 0 Å². The number of hydrogen-bond donors (Lipinski definition) is 0. The molecule has 4 heteroatoms. The highest BCUT2D eigenvalue weighted by Gasteiger charge is 2.63. The van der Waals surface area contributed by atoms with Crippen molar-refractivity contribution >= 4 is 17.5 Å². The Morgan fingerprint density at radius 2 is 1.77 bits per heavy atom. The SMILES string of the molecule is C[C@]12CCC(=O)C=C1CC[C@H]1[C@@H]3[C@@H](OC(=O)c4ccccc4)CC(=O)[C@@]3(C)CC[C@@H]12. The zero-order valence-electron chi connectivity index (χ0n) is 17.9. The van der Waals surface area contributed by atoms with Gasteiger partial charge in [0.05, 0.1) is 5.56 Å². The van der Waals surface area contributed by atoms with Crippen LogP contribution in [-0.4, -0.2) is 23.6 Å². The fourth-order valence-corrected chi connectivity index (χ4v) is 7.26. The highest BCUT2D eigenvalue weighted by molar-refractivity contribution is 5.92. The fraction of sp³-hybridized carbons (Fsp3) is 0.577. The summed E-state index contributed by atoms with van der Waals surface area (Å²) in [5.74, 6) is 1.07. The molecule has 1 aromatic rings.